The molecule has 0 aromatic carbocycles. The van der Waals surface area contributed by atoms with Gasteiger partial charge in [-0.1, -0.05) is 5.16 Å². The van der Waals surface area contributed by atoms with Crippen LogP contribution in [-0.2, 0) is 17.8 Å². The molecule has 1 aromatic rings. The zero-order valence-electron chi connectivity index (χ0n) is 11.3. The first-order chi connectivity index (χ1) is 8.78. The quantitative estimate of drug-likeness (QED) is 0.674. The second-order valence-corrected chi connectivity index (χ2v) is 4.87. The molecule has 102 valence electrons. The first-order valence-electron chi connectivity index (χ1n) is 6.72. The molecule has 0 amide bonds. The Morgan fingerprint density at radius 3 is 3.11 bits per heavy atom. The minimum absolute atomic E-state index is 0.707. The van der Waals surface area contributed by atoms with Crippen LogP contribution in [0.5, 0.6) is 0 Å². The number of rotatable bonds is 9. The molecule has 1 saturated carbocycles. The van der Waals surface area contributed by atoms with E-state index in [1.165, 1.54) is 12.8 Å². The first kappa shape index (κ1) is 13.5. The zero-order valence-corrected chi connectivity index (χ0v) is 11.3. The van der Waals surface area contributed by atoms with Crippen molar-refractivity contribution in [1.82, 2.24) is 15.4 Å². The lowest BCUT2D eigenvalue weighted by Crippen LogP contribution is -2.22. The Morgan fingerprint density at radius 1 is 1.56 bits per heavy atom. The Labute approximate surface area is 108 Å². The summed E-state index contributed by atoms with van der Waals surface area (Å²) in [6.45, 7) is 6.05. The molecule has 0 bridgehead atoms. The van der Waals surface area contributed by atoms with Gasteiger partial charge < -0.3 is 14.6 Å². The van der Waals surface area contributed by atoms with Gasteiger partial charge in [-0.05, 0) is 26.8 Å². The van der Waals surface area contributed by atoms with E-state index in [1.54, 1.807) is 0 Å². The van der Waals surface area contributed by atoms with Gasteiger partial charge in [0.15, 0.2) is 5.76 Å². The van der Waals surface area contributed by atoms with Gasteiger partial charge in [0.2, 0.25) is 0 Å². The number of likely N-dealkylation sites (N-methyl/N-ethyl adjacent to an activating group) is 1. The third kappa shape index (κ3) is 4.76. The van der Waals surface area contributed by atoms with Gasteiger partial charge in [0.25, 0.3) is 0 Å². The highest BCUT2D eigenvalue weighted by molar-refractivity contribution is 5.05. The summed E-state index contributed by atoms with van der Waals surface area (Å²) in [5.41, 5.74) is 0.995. The normalized spacial score (nSPS) is 15.5. The molecule has 0 atom stereocenters. The number of hydrogen-bond acceptors (Lipinski definition) is 5. The van der Waals surface area contributed by atoms with Crippen LogP contribution in [0.2, 0.25) is 0 Å². The predicted molar refractivity (Wildman–Crippen MR) is 69.2 cm³/mol. The maximum atomic E-state index is 5.32. The van der Waals surface area contributed by atoms with Crippen molar-refractivity contribution in [2.24, 2.45) is 0 Å². The SMILES string of the molecule is CCOCCN(C)Cc1cc(CNC2CC2)no1. The van der Waals surface area contributed by atoms with Gasteiger partial charge in [-0.15, -0.1) is 0 Å². The van der Waals surface area contributed by atoms with Gasteiger partial charge >= 0.3 is 0 Å². The maximum Gasteiger partial charge on any atom is 0.151 e. The van der Waals surface area contributed by atoms with E-state index in [4.69, 9.17) is 9.26 Å². The number of aromatic nitrogens is 1. The molecular weight excluding hydrogens is 230 g/mol. The van der Waals surface area contributed by atoms with Crippen LogP contribution in [0.15, 0.2) is 10.6 Å². The van der Waals surface area contributed by atoms with E-state index in [9.17, 15) is 0 Å². The molecule has 0 unspecified atom stereocenters. The van der Waals surface area contributed by atoms with E-state index in [0.29, 0.717) is 6.04 Å². The summed E-state index contributed by atoms with van der Waals surface area (Å²) >= 11 is 0. The van der Waals surface area contributed by atoms with Gasteiger partial charge in [0, 0.05) is 31.8 Å². The minimum atomic E-state index is 0.707. The Morgan fingerprint density at radius 2 is 2.39 bits per heavy atom. The van der Waals surface area contributed by atoms with Crippen molar-refractivity contribution in [2.75, 3.05) is 26.8 Å². The molecule has 0 radical (unpaired) electrons. The Bertz CT molecular complexity index is 350. The Hall–Kier alpha value is -0.910. The van der Waals surface area contributed by atoms with Crippen molar-refractivity contribution in [2.45, 2.75) is 38.9 Å². The molecule has 5 heteroatoms. The largest absolute Gasteiger partial charge is 0.380 e. The van der Waals surface area contributed by atoms with Crippen molar-refractivity contribution in [3.8, 4) is 0 Å². The van der Waals surface area contributed by atoms with E-state index >= 15 is 0 Å². The molecule has 0 saturated heterocycles. The van der Waals surface area contributed by atoms with Crippen LogP contribution in [0.1, 0.15) is 31.2 Å². The van der Waals surface area contributed by atoms with Crippen LogP contribution in [0.4, 0.5) is 0 Å². The molecule has 1 aromatic heterocycles. The first-order valence-corrected chi connectivity index (χ1v) is 6.72. The monoisotopic (exact) mass is 253 g/mol. The molecule has 1 heterocycles. The number of ether oxygens (including phenoxy) is 1. The van der Waals surface area contributed by atoms with E-state index in [0.717, 1.165) is 44.3 Å². The van der Waals surface area contributed by atoms with Crippen LogP contribution >= 0.6 is 0 Å². The van der Waals surface area contributed by atoms with E-state index < -0.39 is 0 Å². The minimum Gasteiger partial charge on any atom is -0.380 e. The average molecular weight is 253 g/mol. The third-order valence-electron chi connectivity index (χ3n) is 3.00. The van der Waals surface area contributed by atoms with Gasteiger partial charge in [0.05, 0.1) is 18.8 Å². The molecular formula is C13H23N3O2. The molecule has 0 spiro atoms. The van der Waals surface area contributed by atoms with Gasteiger partial charge in [-0.3, -0.25) is 4.90 Å². The lowest BCUT2D eigenvalue weighted by atomic mass is 10.3. The maximum absolute atomic E-state index is 5.32. The van der Waals surface area contributed by atoms with Crippen molar-refractivity contribution >= 4 is 0 Å². The fraction of sp³-hybridized carbons (Fsp3) is 0.769. The van der Waals surface area contributed by atoms with Gasteiger partial charge in [0.1, 0.15) is 0 Å². The van der Waals surface area contributed by atoms with Crippen molar-refractivity contribution in [3.63, 3.8) is 0 Å². The topological polar surface area (TPSA) is 50.5 Å². The molecule has 18 heavy (non-hydrogen) atoms. The van der Waals surface area contributed by atoms with Crippen molar-refractivity contribution in [3.05, 3.63) is 17.5 Å². The zero-order chi connectivity index (χ0) is 12.8. The fourth-order valence-corrected chi connectivity index (χ4v) is 1.76. The summed E-state index contributed by atoms with van der Waals surface area (Å²) in [5, 5.41) is 7.50. The fourth-order valence-electron chi connectivity index (χ4n) is 1.76. The van der Waals surface area contributed by atoms with Crippen LogP contribution in [0.25, 0.3) is 0 Å². The molecule has 1 fully saturated rings. The van der Waals surface area contributed by atoms with E-state index in [2.05, 4.69) is 22.4 Å². The van der Waals surface area contributed by atoms with Crippen LogP contribution < -0.4 is 5.32 Å². The van der Waals surface area contributed by atoms with Crippen molar-refractivity contribution < 1.29 is 9.26 Å². The highest BCUT2D eigenvalue weighted by Crippen LogP contribution is 2.19. The average Bonchev–Trinajstić information content (AvgIpc) is 3.08. The highest BCUT2D eigenvalue weighted by Gasteiger charge is 2.20. The number of hydrogen-bond donors (Lipinski definition) is 1. The standard InChI is InChI=1S/C13H23N3O2/c1-3-17-7-6-16(2)10-13-8-12(15-18-13)9-14-11-4-5-11/h8,11,14H,3-7,9-10H2,1-2H3. The smallest absolute Gasteiger partial charge is 0.151 e. The Kier molecular flexibility index (Phi) is 5.16. The van der Waals surface area contributed by atoms with Crippen LogP contribution in [-0.4, -0.2) is 42.9 Å². The predicted octanol–water partition coefficient (Wildman–Crippen LogP) is 1.39. The molecule has 1 aliphatic carbocycles. The molecule has 0 aliphatic heterocycles. The summed E-state index contributed by atoms with van der Waals surface area (Å²) in [7, 11) is 2.06. The van der Waals surface area contributed by atoms with E-state index in [-0.39, 0.29) is 0 Å². The highest BCUT2D eigenvalue weighted by atomic mass is 16.5. The second-order valence-electron chi connectivity index (χ2n) is 4.87. The molecule has 2 rings (SSSR count). The summed E-state index contributed by atoms with van der Waals surface area (Å²) < 4.78 is 10.6. The van der Waals surface area contributed by atoms with Gasteiger partial charge in [-0.2, -0.15) is 0 Å². The van der Waals surface area contributed by atoms with Gasteiger partial charge in [-0.25, -0.2) is 0 Å². The summed E-state index contributed by atoms with van der Waals surface area (Å²) in [5.74, 6) is 0.918. The molecule has 5 nitrogen and oxygen atoms in total. The summed E-state index contributed by atoms with van der Waals surface area (Å²) in [4.78, 5) is 2.17. The third-order valence-corrected chi connectivity index (χ3v) is 3.00. The molecule has 1 N–H and O–H groups in total. The summed E-state index contributed by atoms with van der Waals surface area (Å²) in [6, 6.07) is 2.74. The molecule has 1 aliphatic rings. The number of nitrogens with zero attached hydrogens (tertiary/aromatic N) is 2. The van der Waals surface area contributed by atoms with Crippen LogP contribution in [0, 0.1) is 0 Å². The van der Waals surface area contributed by atoms with E-state index in [1.807, 2.05) is 13.0 Å². The number of nitrogens with one attached hydrogen (secondary N) is 1. The lowest BCUT2D eigenvalue weighted by molar-refractivity contribution is 0.117. The lowest BCUT2D eigenvalue weighted by Gasteiger charge is -2.13. The second kappa shape index (κ2) is 6.87. The summed E-state index contributed by atoms with van der Waals surface area (Å²) in [6.07, 6.45) is 2.59. The Balaban J connectivity index is 1.67. The van der Waals surface area contributed by atoms with Crippen LogP contribution in [0.3, 0.4) is 0 Å². The van der Waals surface area contributed by atoms with Crippen molar-refractivity contribution in [1.29, 1.82) is 0 Å².